The fraction of sp³-hybridized carbons (Fsp3) is 0.250. The zero-order chi connectivity index (χ0) is 14.0. The van der Waals surface area contributed by atoms with Crippen LogP contribution in [0.2, 0.25) is 0 Å². The van der Waals surface area contributed by atoms with Crippen molar-refractivity contribution in [2.24, 2.45) is 0 Å². The minimum absolute atomic E-state index is 0.578. The van der Waals surface area contributed by atoms with Crippen molar-refractivity contribution in [2.45, 2.75) is 12.7 Å². The molecule has 19 heavy (non-hydrogen) atoms. The third-order valence-corrected chi connectivity index (χ3v) is 3.21. The van der Waals surface area contributed by atoms with Crippen LogP contribution in [0.25, 0.3) is 5.69 Å². The molecule has 7 heteroatoms. The highest BCUT2D eigenvalue weighted by molar-refractivity contribution is 9.10. The van der Waals surface area contributed by atoms with Gasteiger partial charge in [-0.25, -0.2) is 4.68 Å². The molecule has 2 rings (SSSR count). The molecular weight excluding hydrogens is 323 g/mol. The molecular formula is C12H11BrF3N3. The molecule has 0 aliphatic carbocycles. The van der Waals surface area contributed by atoms with Gasteiger partial charge in [0.1, 0.15) is 0 Å². The Morgan fingerprint density at radius 1 is 1.26 bits per heavy atom. The minimum Gasteiger partial charge on any atom is -0.314 e. The van der Waals surface area contributed by atoms with E-state index in [1.165, 1.54) is 16.8 Å². The molecule has 0 radical (unpaired) electrons. The Bertz CT molecular complexity index is 561. The number of benzene rings is 1. The van der Waals surface area contributed by atoms with Gasteiger partial charge in [-0.05, 0) is 47.2 Å². The van der Waals surface area contributed by atoms with Crippen LogP contribution in [0.5, 0.6) is 0 Å². The van der Waals surface area contributed by atoms with E-state index in [9.17, 15) is 13.2 Å². The number of hydrogen-bond donors (Lipinski definition) is 1. The van der Waals surface area contributed by atoms with E-state index >= 15 is 0 Å². The van der Waals surface area contributed by atoms with Crippen LogP contribution in [-0.2, 0) is 12.7 Å². The first-order valence-corrected chi connectivity index (χ1v) is 6.27. The normalized spacial score (nSPS) is 11.8. The van der Waals surface area contributed by atoms with Crippen molar-refractivity contribution in [1.29, 1.82) is 0 Å². The monoisotopic (exact) mass is 333 g/mol. The van der Waals surface area contributed by atoms with E-state index in [0.717, 1.165) is 22.3 Å². The first kappa shape index (κ1) is 14.1. The lowest BCUT2D eigenvalue weighted by atomic mass is 10.2. The first-order valence-electron chi connectivity index (χ1n) is 5.48. The van der Waals surface area contributed by atoms with E-state index in [-0.39, 0.29) is 0 Å². The summed E-state index contributed by atoms with van der Waals surface area (Å²) >= 11 is 3.36. The molecule has 2 aromatic rings. The minimum atomic E-state index is -4.32. The van der Waals surface area contributed by atoms with Gasteiger partial charge in [-0.2, -0.15) is 18.3 Å². The molecule has 1 aromatic heterocycles. The van der Waals surface area contributed by atoms with Crippen LogP contribution in [-0.4, -0.2) is 16.8 Å². The van der Waals surface area contributed by atoms with Gasteiger partial charge in [0.25, 0.3) is 0 Å². The van der Waals surface area contributed by atoms with Crippen molar-refractivity contribution in [3.05, 3.63) is 46.2 Å². The van der Waals surface area contributed by atoms with Crippen molar-refractivity contribution in [2.75, 3.05) is 7.05 Å². The van der Waals surface area contributed by atoms with Gasteiger partial charge in [-0.15, -0.1) is 0 Å². The quantitative estimate of drug-likeness (QED) is 0.933. The predicted molar refractivity (Wildman–Crippen MR) is 69.0 cm³/mol. The van der Waals surface area contributed by atoms with E-state index < -0.39 is 11.7 Å². The number of aromatic nitrogens is 2. The Morgan fingerprint density at radius 2 is 1.89 bits per heavy atom. The topological polar surface area (TPSA) is 29.9 Å². The van der Waals surface area contributed by atoms with E-state index in [2.05, 4.69) is 26.3 Å². The lowest BCUT2D eigenvalue weighted by molar-refractivity contribution is -0.137. The van der Waals surface area contributed by atoms with Crippen LogP contribution >= 0.6 is 15.9 Å². The van der Waals surface area contributed by atoms with Crippen molar-refractivity contribution >= 4 is 15.9 Å². The second-order valence-electron chi connectivity index (χ2n) is 3.94. The molecule has 0 atom stereocenters. The molecule has 0 aliphatic heterocycles. The Morgan fingerprint density at radius 3 is 2.42 bits per heavy atom. The molecule has 0 saturated heterocycles. The second kappa shape index (κ2) is 5.34. The highest BCUT2D eigenvalue weighted by Crippen LogP contribution is 2.29. The lowest BCUT2D eigenvalue weighted by Gasteiger charge is -2.07. The van der Waals surface area contributed by atoms with E-state index in [1.54, 1.807) is 13.2 Å². The molecule has 0 fully saturated rings. The van der Waals surface area contributed by atoms with Gasteiger partial charge in [-0.1, -0.05) is 0 Å². The lowest BCUT2D eigenvalue weighted by Crippen LogP contribution is -2.07. The highest BCUT2D eigenvalue weighted by Gasteiger charge is 2.30. The molecule has 0 saturated carbocycles. The zero-order valence-corrected chi connectivity index (χ0v) is 11.6. The maximum absolute atomic E-state index is 12.5. The van der Waals surface area contributed by atoms with Crippen LogP contribution in [0.15, 0.2) is 34.9 Å². The predicted octanol–water partition coefficient (Wildman–Crippen LogP) is 3.37. The van der Waals surface area contributed by atoms with Crippen LogP contribution in [0.4, 0.5) is 13.2 Å². The zero-order valence-electron chi connectivity index (χ0n) is 10.0. The molecule has 102 valence electrons. The summed E-state index contributed by atoms with van der Waals surface area (Å²) in [5, 5.41) is 7.25. The number of rotatable bonds is 3. The van der Waals surface area contributed by atoms with Gasteiger partial charge in [0.05, 0.1) is 21.4 Å². The standard InChI is InChI=1S/C12H11BrF3N3/c1-17-6-11-10(13)7-19(18-11)9-4-2-8(3-5-9)12(14,15)16/h2-5,7,17H,6H2,1H3. The molecule has 1 heterocycles. The number of alkyl halides is 3. The van der Waals surface area contributed by atoms with Gasteiger partial charge in [0, 0.05) is 12.7 Å². The first-order chi connectivity index (χ1) is 8.91. The molecule has 0 unspecified atom stereocenters. The van der Waals surface area contributed by atoms with Crippen LogP contribution < -0.4 is 5.32 Å². The number of hydrogen-bond acceptors (Lipinski definition) is 2. The highest BCUT2D eigenvalue weighted by atomic mass is 79.9. The van der Waals surface area contributed by atoms with Crippen molar-refractivity contribution in [3.8, 4) is 5.69 Å². The van der Waals surface area contributed by atoms with Crippen LogP contribution in [0.1, 0.15) is 11.3 Å². The molecule has 3 nitrogen and oxygen atoms in total. The largest absolute Gasteiger partial charge is 0.416 e. The van der Waals surface area contributed by atoms with Gasteiger partial charge in [-0.3, -0.25) is 0 Å². The Labute approximate surface area is 116 Å². The summed E-state index contributed by atoms with van der Waals surface area (Å²) in [6.07, 6.45) is -2.60. The molecule has 0 spiro atoms. The van der Waals surface area contributed by atoms with E-state index in [4.69, 9.17) is 0 Å². The summed E-state index contributed by atoms with van der Waals surface area (Å²) in [5.41, 5.74) is 0.705. The van der Waals surface area contributed by atoms with Gasteiger partial charge in [0.15, 0.2) is 0 Å². The van der Waals surface area contributed by atoms with Gasteiger partial charge in [0.2, 0.25) is 0 Å². The molecule has 0 amide bonds. The summed E-state index contributed by atoms with van der Waals surface area (Å²) in [6, 6.07) is 4.88. The fourth-order valence-corrected chi connectivity index (χ4v) is 2.02. The summed E-state index contributed by atoms with van der Waals surface area (Å²) in [7, 11) is 1.80. The fourth-order valence-electron chi connectivity index (χ4n) is 1.61. The smallest absolute Gasteiger partial charge is 0.314 e. The number of nitrogens with zero attached hydrogens (tertiary/aromatic N) is 2. The SMILES string of the molecule is CNCc1nn(-c2ccc(C(F)(F)F)cc2)cc1Br. The Balaban J connectivity index is 2.30. The van der Waals surface area contributed by atoms with Crippen molar-refractivity contribution in [3.63, 3.8) is 0 Å². The summed E-state index contributed by atoms with van der Waals surface area (Å²) in [4.78, 5) is 0. The maximum atomic E-state index is 12.5. The number of nitrogens with one attached hydrogen (secondary N) is 1. The van der Waals surface area contributed by atoms with Gasteiger partial charge >= 0.3 is 6.18 Å². The van der Waals surface area contributed by atoms with Crippen molar-refractivity contribution < 1.29 is 13.2 Å². The van der Waals surface area contributed by atoms with E-state index in [0.29, 0.717) is 12.2 Å². The van der Waals surface area contributed by atoms with E-state index in [1.807, 2.05) is 0 Å². The molecule has 0 aliphatic rings. The van der Waals surface area contributed by atoms with Gasteiger partial charge < -0.3 is 5.32 Å². The summed E-state index contributed by atoms with van der Waals surface area (Å²) < 4.78 is 39.7. The molecule has 1 aromatic carbocycles. The Hall–Kier alpha value is -1.34. The maximum Gasteiger partial charge on any atom is 0.416 e. The third kappa shape index (κ3) is 3.16. The third-order valence-electron chi connectivity index (χ3n) is 2.54. The van der Waals surface area contributed by atoms with Crippen LogP contribution in [0.3, 0.4) is 0 Å². The Kier molecular flexibility index (Phi) is 3.96. The summed E-state index contributed by atoms with van der Waals surface area (Å²) in [6.45, 7) is 0.578. The number of halogens is 4. The van der Waals surface area contributed by atoms with Crippen LogP contribution in [0, 0.1) is 0 Å². The average molecular weight is 334 g/mol. The second-order valence-corrected chi connectivity index (χ2v) is 4.80. The molecule has 0 bridgehead atoms. The average Bonchev–Trinajstić information content (AvgIpc) is 2.71. The summed E-state index contributed by atoms with van der Waals surface area (Å²) in [5.74, 6) is 0. The van der Waals surface area contributed by atoms with Crippen molar-refractivity contribution in [1.82, 2.24) is 15.1 Å². The molecule has 1 N–H and O–H groups in total.